The molecule has 0 radical (unpaired) electrons. The Kier molecular flexibility index (Phi) is 8.53. The Morgan fingerprint density at radius 2 is 1.89 bits per heavy atom. The number of ether oxygens (including phenoxy) is 6. The van der Waals surface area contributed by atoms with Crippen LogP contribution in [0.1, 0.15) is 63.0 Å². The van der Waals surface area contributed by atoms with E-state index < -0.39 is 30.3 Å². The molecule has 1 unspecified atom stereocenters. The lowest BCUT2D eigenvalue weighted by molar-refractivity contribution is -0.197. The van der Waals surface area contributed by atoms with Gasteiger partial charge in [0.1, 0.15) is 41.5 Å². The Labute approximate surface area is 268 Å². The first-order chi connectivity index (χ1) is 22.2. The molecule has 5 atom stereocenters. The number of nitrogens with zero attached hydrogens (tertiary/aromatic N) is 4. The molecule has 13 heteroatoms. The normalized spacial score (nSPS) is 28.0. The van der Waals surface area contributed by atoms with Crippen molar-refractivity contribution in [3.05, 3.63) is 41.9 Å². The zero-order valence-corrected chi connectivity index (χ0v) is 27.2. The second-order valence-electron chi connectivity index (χ2n) is 13.0. The summed E-state index contributed by atoms with van der Waals surface area (Å²) < 4.78 is 38.5. The molecule has 46 heavy (non-hydrogen) atoms. The van der Waals surface area contributed by atoms with E-state index in [9.17, 15) is 4.79 Å². The second-order valence-corrected chi connectivity index (χ2v) is 13.0. The van der Waals surface area contributed by atoms with Crippen LogP contribution in [0.15, 0.2) is 30.7 Å². The summed E-state index contributed by atoms with van der Waals surface area (Å²) in [4.78, 5) is 25.4. The standard InChI is InChI=1S/C33H44N6O7/c1-33(2)45-26-27(31(40)37-20-10-12-38(3)13-11-20)44-32(28(26)46-33)39-17-22(23-7-6-14-43-23)25-29(35-18-36-30(25)39)34-16-19-8-9-21(41-4)15-24(19)42-5/h8-9,15,17-18,20,23,26-28,32H,6-7,10-14,16H2,1-5H3,(H,37,40)(H,34,35,36)/t23?,26-,27+,28-,32-/m1/s1. The summed E-state index contributed by atoms with van der Waals surface area (Å²) in [5, 5.41) is 7.59. The minimum Gasteiger partial charge on any atom is -0.497 e. The van der Waals surface area contributed by atoms with E-state index in [0.717, 1.165) is 61.0 Å². The summed E-state index contributed by atoms with van der Waals surface area (Å²) in [6.07, 6.45) is 4.52. The number of fused-ring (bicyclic) bond motifs is 2. The molecule has 0 spiro atoms. The number of anilines is 1. The van der Waals surface area contributed by atoms with Crippen LogP contribution < -0.4 is 20.1 Å². The van der Waals surface area contributed by atoms with Crippen molar-refractivity contribution >= 4 is 22.8 Å². The Morgan fingerprint density at radius 1 is 1.09 bits per heavy atom. The number of likely N-dealkylation sites (tertiary alicyclic amines) is 1. The molecule has 13 nitrogen and oxygen atoms in total. The molecule has 2 aromatic heterocycles. The van der Waals surface area contributed by atoms with Crippen LogP contribution in [0.25, 0.3) is 11.0 Å². The molecule has 4 aliphatic rings. The van der Waals surface area contributed by atoms with Gasteiger partial charge in [-0.2, -0.15) is 0 Å². The van der Waals surface area contributed by atoms with Crippen molar-refractivity contribution in [3.8, 4) is 11.5 Å². The molecule has 6 heterocycles. The maximum absolute atomic E-state index is 13.7. The molecular weight excluding hydrogens is 592 g/mol. The van der Waals surface area contributed by atoms with Gasteiger partial charge in [-0.25, -0.2) is 9.97 Å². The van der Waals surface area contributed by atoms with Gasteiger partial charge in [-0.05, 0) is 71.8 Å². The molecule has 4 fully saturated rings. The molecular formula is C33H44N6O7. The van der Waals surface area contributed by atoms with Crippen molar-refractivity contribution in [3.63, 3.8) is 0 Å². The molecule has 7 rings (SSSR count). The van der Waals surface area contributed by atoms with Gasteiger partial charge in [0.25, 0.3) is 5.91 Å². The minimum absolute atomic E-state index is 0.101. The van der Waals surface area contributed by atoms with Crippen LogP contribution in [0.5, 0.6) is 11.5 Å². The third-order valence-corrected chi connectivity index (χ3v) is 9.48. The maximum Gasteiger partial charge on any atom is 0.252 e. The molecule has 0 aliphatic carbocycles. The van der Waals surface area contributed by atoms with Gasteiger partial charge >= 0.3 is 0 Å². The van der Waals surface area contributed by atoms with Gasteiger partial charge in [0.15, 0.2) is 18.1 Å². The SMILES string of the molecule is COc1ccc(CNc2ncnc3c2c(C2CCCO2)cn3[C@@H]2O[C@H](C(=O)NC3CCN(C)CC3)[C@H]3OC(C)(C)O[C@H]32)c(OC)c1. The van der Waals surface area contributed by atoms with Gasteiger partial charge in [-0.3, -0.25) is 4.79 Å². The lowest BCUT2D eigenvalue weighted by Gasteiger charge is -2.30. The topological polar surface area (TPSA) is 130 Å². The number of nitrogens with one attached hydrogen (secondary N) is 2. The van der Waals surface area contributed by atoms with Crippen molar-refractivity contribution in [2.24, 2.45) is 0 Å². The number of hydrogen-bond donors (Lipinski definition) is 2. The Balaban J connectivity index is 1.22. The first kappa shape index (κ1) is 31.1. The van der Waals surface area contributed by atoms with E-state index in [1.165, 1.54) is 0 Å². The Morgan fingerprint density at radius 3 is 2.63 bits per heavy atom. The largest absolute Gasteiger partial charge is 0.497 e. The van der Waals surface area contributed by atoms with E-state index in [1.807, 2.05) is 42.8 Å². The minimum atomic E-state index is -0.872. The summed E-state index contributed by atoms with van der Waals surface area (Å²) >= 11 is 0. The van der Waals surface area contributed by atoms with E-state index in [4.69, 9.17) is 33.4 Å². The van der Waals surface area contributed by atoms with E-state index in [0.29, 0.717) is 30.4 Å². The molecule has 3 aromatic rings. The van der Waals surface area contributed by atoms with E-state index in [-0.39, 0.29) is 18.1 Å². The summed E-state index contributed by atoms with van der Waals surface area (Å²) in [6, 6.07) is 5.84. The van der Waals surface area contributed by atoms with Gasteiger partial charge in [0.05, 0.1) is 25.7 Å². The molecule has 2 N–H and O–H groups in total. The van der Waals surface area contributed by atoms with Gasteiger partial charge in [-0.1, -0.05) is 0 Å². The fourth-order valence-electron chi connectivity index (χ4n) is 7.13. The summed E-state index contributed by atoms with van der Waals surface area (Å²) in [5.41, 5.74) is 2.58. The zero-order chi connectivity index (χ0) is 32.0. The highest BCUT2D eigenvalue weighted by atomic mass is 16.8. The summed E-state index contributed by atoms with van der Waals surface area (Å²) in [6.45, 7) is 6.78. The number of methoxy groups -OCH3 is 2. The van der Waals surface area contributed by atoms with Crippen molar-refractivity contribution < 1.29 is 33.2 Å². The molecule has 248 valence electrons. The summed E-state index contributed by atoms with van der Waals surface area (Å²) in [7, 11) is 5.38. The third kappa shape index (κ3) is 5.90. The zero-order valence-electron chi connectivity index (χ0n) is 27.2. The average Bonchev–Trinajstić information content (AvgIpc) is 3.84. The van der Waals surface area contributed by atoms with Crippen LogP contribution in [-0.4, -0.2) is 96.4 Å². The fourth-order valence-corrected chi connectivity index (χ4v) is 7.13. The van der Waals surface area contributed by atoms with Crippen LogP contribution in [0.4, 0.5) is 5.82 Å². The highest BCUT2D eigenvalue weighted by molar-refractivity contribution is 5.91. The number of rotatable bonds is 9. The van der Waals surface area contributed by atoms with Gasteiger partial charge in [0, 0.05) is 42.6 Å². The van der Waals surface area contributed by atoms with Crippen molar-refractivity contribution in [1.29, 1.82) is 0 Å². The lowest BCUT2D eigenvalue weighted by Crippen LogP contribution is -2.49. The first-order valence-electron chi connectivity index (χ1n) is 16.2. The number of hydrogen-bond acceptors (Lipinski definition) is 11. The van der Waals surface area contributed by atoms with Crippen molar-refractivity contribution in [1.82, 2.24) is 24.8 Å². The molecule has 0 saturated carbocycles. The first-order valence-corrected chi connectivity index (χ1v) is 16.2. The highest BCUT2D eigenvalue weighted by Gasteiger charge is 2.58. The molecule has 1 amide bonds. The third-order valence-electron chi connectivity index (χ3n) is 9.48. The maximum atomic E-state index is 13.7. The predicted molar refractivity (Wildman–Crippen MR) is 169 cm³/mol. The van der Waals surface area contributed by atoms with Crippen molar-refractivity contribution in [2.45, 2.75) is 88.5 Å². The van der Waals surface area contributed by atoms with E-state index >= 15 is 0 Å². The number of piperidine rings is 1. The highest BCUT2D eigenvalue weighted by Crippen LogP contribution is 2.46. The number of amides is 1. The predicted octanol–water partition coefficient (Wildman–Crippen LogP) is 3.54. The molecule has 4 aliphatic heterocycles. The number of aromatic nitrogens is 3. The van der Waals surface area contributed by atoms with E-state index in [1.54, 1.807) is 20.5 Å². The van der Waals surface area contributed by atoms with Crippen LogP contribution in [0.2, 0.25) is 0 Å². The number of carbonyl (C=O) groups is 1. The van der Waals surface area contributed by atoms with Crippen LogP contribution in [0.3, 0.4) is 0 Å². The lowest BCUT2D eigenvalue weighted by atomic mass is 10.0. The van der Waals surface area contributed by atoms with Gasteiger partial charge < -0.3 is 48.5 Å². The van der Waals surface area contributed by atoms with Gasteiger partial charge in [0.2, 0.25) is 0 Å². The Bertz CT molecular complexity index is 1570. The van der Waals surface area contributed by atoms with E-state index in [2.05, 4.69) is 27.6 Å². The number of carbonyl (C=O) groups excluding carboxylic acids is 1. The number of benzene rings is 1. The Hall–Kier alpha value is -3.49. The monoisotopic (exact) mass is 636 g/mol. The smallest absolute Gasteiger partial charge is 0.252 e. The fraction of sp³-hybridized carbons (Fsp3) is 0.606. The van der Waals surface area contributed by atoms with Crippen LogP contribution in [0, 0.1) is 0 Å². The molecule has 1 aromatic carbocycles. The van der Waals surface area contributed by atoms with Gasteiger partial charge in [-0.15, -0.1) is 0 Å². The van der Waals surface area contributed by atoms with Crippen LogP contribution in [-0.2, 0) is 30.3 Å². The van der Waals surface area contributed by atoms with Crippen molar-refractivity contribution in [2.75, 3.05) is 46.3 Å². The van der Waals surface area contributed by atoms with Crippen LogP contribution >= 0.6 is 0 Å². The average molecular weight is 637 g/mol. The summed E-state index contributed by atoms with van der Waals surface area (Å²) in [5.74, 6) is 1.06. The second kappa shape index (κ2) is 12.6. The molecule has 0 bridgehead atoms. The molecule has 4 saturated heterocycles. The quantitative estimate of drug-likeness (QED) is 0.358.